The molecule has 2 rings (SSSR count). The van der Waals surface area contributed by atoms with Gasteiger partial charge >= 0.3 is 0 Å². The standard InChI is InChI=1S/C27H44O2Si2/c1-7-19-30(3,4)28-23-27(21-25-15-11-9-12-16-25,22-26-17-13-10-14-18-26)24-29-31(5,6)20-8-2/h9-18H,7-8,19-24H2,1-6H3. The molecule has 0 aromatic heterocycles. The molecule has 0 radical (unpaired) electrons. The van der Waals surface area contributed by atoms with Gasteiger partial charge in [0.25, 0.3) is 0 Å². The van der Waals surface area contributed by atoms with Crippen LogP contribution in [0.5, 0.6) is 0 Å². The van der Waals surface area contributed by atoms with E-state index in [2.05, 4.69) is 101 Å². The van der Waals surface area contributed by atoms with Gasteiger partial charge in [0.1, 0.15) is 0 Å². The van der Waals surface area contributed by atoms with Crippen LogP contribution in [0.15, 0.2) is 60.7 Å². The highest BCUT2D eigenvalue weighted by Gasteiger charge is 2.37. The molecule has 0 fully saturated rings. The summed E-state index contributed by atoms with van der Waals surface area (Å²) in [4.78, 5) is 0. The fourth-order valence-corrected chi connectivity index (χ4v) is 8.50. The van der Waals surface area contributed by atoms with Crippen molar-refractivity contribution < 1.29 is 8.85 Å². The van der Waals surface area contributed by atoms with Crippen molar-refractivity contribution in [3.8, 4) is 0 Å². The normalized spacial score (nSPS) is 12.8. The third-order valence-electron chi connectivity index (χ3n) is 6.09. The van der Waals surface area contributed by atoms with E-state index in [0.29, 0.717) is 0 Å². The summed E-state index contributed by atoms with van der Waals surface area (Å²) in [5.41, 5.74) is 2.68. The minimum Gasteiger partial charge on any atom is -0.417 e. The van der Waals surface area contributed by atoms with Crippen molar-refractivity contribution in [1.29, 1.82) is 0 Å². The molecule has 0 atom stereocenters. The Morgan fingerprint density at radius 3 is 1.29 bits per heavy atom. The molecule has 0 aliphatic rings. The number of benzene rings is 2. The molecule has 0 aliphatic heterocycles. The molecule has 0 heterocycles. The van der Waals surface area contributed by atoms with E-state index in [4.69, 9.17) is 8.85 Å². The zero-order chi connectivity index (χ0) is 22.8. The highest BCUT2D eigenvalue weighted by atomic mass is 28.4. The largest absolute Gasteiger partial charge is 0.417 e. The van der Waals surface area contributed by atoms with Crippen LogP contribution in [0.3, 0.4) is 0 Å². The number of hydrogen-bond acceptors (Lipinski definition) is 2. The van der Waals surface area contributed by atoms with E-state index in [1.54, 1.807) is 0 Å². The van der Waals surface area contributed by atoms with Gasteiger partial charge in [0.2, 0.25) is 0 Å². The Balaban J connectivity index is 2.36. The highest BCUT2D eigenvalue weighted by Crippen LogP contribution is 2.33. The first-order chi connectivity index (χ1) is 14.7. The second-order valence-electron chi connectivity index (χ2n) is 10.4. The second-order valence-corrected chi connectivity index (χ2v) is 19.0. The molecule has 2 nitrogen and oxygen atoms in total. The summed E-state index contributed by atoms with van der Waals surface area (Å²) in [6.45, 7) is 15.5. The lowest BCUT2D eigenvalue weighted by Crippen LogP contribution is -2.45. The maximum absolute atomic E-state index is 6.78. The van der Waals surface area contributed by atoms with Crippen LogP contribution in [0.1, 0.15) is 37.8 Å². The smallest absolute Gasteiger partial charge is 0.186 e. The topological polar surface area (TPSA) is 18.5 Å². The van der Waals surface area contributed by atoms with E-state index in [0.717, 1.165) is 26.1 Å². The van der Waals surface area contributed by atoms with Gasteiger partial charge in [-0.1, -0.05) is 87.4 Å². The fraction of sp³-hybridized carbons (Fsp3) is 0.556. The zero-order valence-corrected chi connectivity index (χ0v) is 22.7. The van der Waals surface area contributed by atoms with Crippen LogP contribution in [-0.2, 0) is 21.7 Å². The first kappa shape index (κ1) is 26.0. The minimum atomic E-state index is -1.68. The van der Waals surface area contributed by atoms with Crippen LogP contribution in [0.25, 0.3) is 0 Å². The first-order valence-corrected chi connectivity index (χ1v) is 18.3. The van der Waals surface area contributed by atoms with Crippen molar-refractivity contribution in [2.24, 2.45) is 5.41 Å². The molecule has 0 saturated heterocycles. The van der Waals surface area contributed by atoms with Gasteiger partial charge in [-0.05, 0) is 62.2 Å². The Hall–Kier alpha value is -1.21. The predicted octanol–water partition coefficient (Wildman–Crippen LogP) is 7.72. The van der Waals surface area contributed by atoms with Crippen LogP contribution in [-0.4, -0.2) is 29.8 Å². The number of hydrogen-bond donors (Lipinski definition) is 0. The lowest BCUT2D eigenvalue weighted by Gasteiger charge is -2.39. The van der Waals surface area contributed by atoms with Crippen LogP contribution in [0.2, 0.25) is 38.3 Å². The molecule has 2 aromatic rings. The van der Waals surface area contributed by atoms with E-state index < -0.39 is 16.6 Å². The third-order valence-corrected chi connectivity index (χ3v) is 11.3. The molecule has 0 N–H and O–H groups in total. The van der Waals surface area contributed by atoms with Gasteiger partial charge in [0.15, 0.2) is 16.6 Å². The second kappa shape index (κ2) is 12.1. The van der Waals surface area contributed by atoms with Gasteiger partial charge in [0, 0.05) is 18.6 Å². The molecule has 172 valence electrons. The summed E-state index contributed by atoms with van der Waals surface area (Å²) in [6, 6.07) is 24.2. The minimum absolute atomic E-state index is 0.0568. The molecule has 31 heavy (non-hydrogen) atoms. The van der Waals surface area contributed by atoms with Crippen LogP contribution in [0.4, 0.5) is 0 Å². The van der Waals surface area contributed by atoms with E-state index in [1.807, 2.05) is 0 Å². The van der Waals surface area contributed by atoms with Crippen LogP contribution in [0, 0.1) is 5.41 Å². The fourth-order valence-electron chi connectivity index (χ4n) is 4.41. The molecule has 0 saturated carbocycles. The number of rotatable bonds is 14. The maximum Gasteiger partial charge on any atom is 0.186 e. The Morgan fingerprint density at radius 1 is 0.613 bits per heavy atom. The lowest BCUT2D eigenvalue weighted by atomic mass is 9.78. The molecule has 0 bridgehead atoms. The van der Waals surface area contributed by atoms with Crippen molar-refractivity contribution in [3.63, 3.8) is 0 Å². The lowest BCUT2D eigenvalue weighted by molar-refractivity contribution is 0.0695. The van der Waals surface area contributed by atoms with Gasteiger partial charge in [-0.3, -0.25) is 0 Å². The van der Waals surface area contributed by atoms with E-state index in [-0.39, 0.29) is 5.41 Å². The molecule has 2 aromatic carbocycles. The van der Waals surface area contributed by atoms with Gasteiger partial charge in [-0.25, -0.2) is 0 Å². The van der Waals surface area contributed by atoms with Crippen molar-refractivity contribution >= 4 is 16.6 Å². The van der Waals surface area contributed by atoms with Crippen LogP contribution < -0.4 is 0 Å². The monoisotopic (exact) mass is 456 g/mol. The summed E-state index contributed by atoms with van der Waals surface area (Å²) in [7, 11) is -3.36. The maximum atomic E-state index is 6.78. The summed E-state index contributed by atoms with van der Waals surface area (Å²) in [5, 5.41) is 0. The van der Waals surface area contributed by atoms with Gasteiger partial charge < -0.3 is 8.85 Å². The third kappa shape index (κ3) is 9.44. The van der Waals surface area contributed by atoms with E-state index in [1.165, 1.54) is 36.1 Å². The van der Waals surface area contributed by atoms with Gasteiger partial charge in [-0.2, -0.15) is 0 Å². The van der Waals surface area contributed by atoms with Crippen molar-refractivity contribution in [1.82, 2.24) is 0 Å². The van der Waals surface area contributed by atoms with Gasteiger partial charge in [0.05, 0.1) is 0 Å². The summed E-state index contributed by atoms with van der Waals surface area (Å²) in [5.74, 6) is 0. The van der Waals surface area contributed by atoms with E-state index in [9.17, 15) is 0 Å². The molecule has 0 unspecified atom stereocenters. The average molecular weight is 457 g/mol. The Bertz CT molecular complexity index is 679. The molecule has 0 aliphatic carbocycles. The first-order valence-electron chi connectivity index (χ1n) is 12.0. The quantitative estimate of drug-likeness (QED) is 0.271. The Kier molecular flexibility index (Phi) is 10.2. The summed E-state index contributed by atoms with van der Waals surface area (Å²) in [6.07, 6.45) is 4.35. The predicted molar refractivity (Wildman–Crippen MR) is 140 cm³/mol. The summed E-state index contributed by atoms with van der Waals surface area (Å²) < 4.78 is 13.6. The van der Waals surface area contributed by atoms with Crippen molar-refractivity contribution in [2.75, 3.05) is 13.2 Å². The molecule has 0 spiro atoms. The van der Waals surface area contributed by atoms with E-state index >= 15 is 0 Å². The van der Waals surface area contributed by atoms with Crippen molar-refractivity contribution in [3.05, 3.63) is 71.8 Å². The Morgan fingerprint density at radius 2 is 0.968 bits per heavy atom. The molecular weight excluding hydrogens is 412 g/mol. The summed E-state index contributed by atoms with van der Waals surface area (Å²) >= 11 is 0. The average Bonchev–Trinajstić information content (AvgIpc) is 2.72. The highest BCUT2D eigenvalue weighted by molar-refractivity contribution is 6.71. The Labute approximate surface area is 193 Å². The molecular formula is C27H44O2Si2. The van der Waals surface area contributed by atoms with Crippen LogP contribution >= 0.6 is 0 Å². The molecule has 4 heteroatoms. The molecule has 0 amide bonds. The zero-order valence-electron chi connectivity index (χ0n) is 20.7. The van der Waals surface area contributed by atoms with Gasteiger partial charge in [-0.15, -0.1) is 0 Å². The SMILES string of the molecule is CCC[Si](C)(C)OCC(CO[Si](C)(C)CCC)(Cc1ccccc1)Cc1ccccc1. The van der Waals surface area contributed by atoms with Crippen molar-refractivity contribution in [2.45, 2.75) is 77.8 Å².